The van der Waals surface area contributed by atoms with Crippen LogP contribution in [0.1, 0.15) is 64.7 Å². The number of carbonyl (C=O) groups is 1. The van der Waals surface area contributed by atoms with Crippen molar-refractivity contribution >= 4 is 14.1 Å². The summed E-state index contributed by atoms with van der Waals surface area (Å²) in [6.45, 7) is 9.83. The van der Waals surface area contributed by atoms with Gasteiger partial charge in [0, 0.05) is 17.8 Å². The van der Waals surface area contributed by atoms with Crippen molar-refractivity contribution in [1.82, 2.24) is 0 Å². The van der Waals surface area contributed by atoms with Gasteiger partial charge in [-0.05, 0) is 76.6 Å². The lowest BCUT2D eigenvalue weighted by Gasteiger charge is -2.55. The zero-order valence-electron chi connectivity index (χ0n) is 19.1. The highest BCUT2D eigenvalue weighted by Crippen LogP contribution is 2.62. The number of hydrogen-bond donors (Lipinski definition) is 0. The Hall–Kier alpha value is -1.00. The lowest BCUT2D eigenvalue weighted by molar-refractivity contribution is -0.177. The van der Waals surface area contributed by atoms with Gasteiger partial charge >= 0.3 is 0 Å². The molecule has 5 atom stereocenters. The fourth-order valence-electron chi connectivity index (χ4n) is 6.83. The Morgan fingerprint density at radius 3 is 2.83 bits per heavy atom. The normalized spacial score (nSPS) is 41.6. The molecular formula is C24H37NO4Si. The van der Waals surface area contributed by atoms with Crippen LogP contribution in [0.15, 0.2) is 11.6 Å². The Kier molecular flexibility index (Phi) is 5.81. The average Bonchev–Trinajstić information content (AvgIpc) is 2.98. The van der Waals surface area contributed by atoms with E-state index in [1.807, 2.05) is 0 Å². The molecule has 0 aromatic heterocycles. The van der Waals surface area contributed by atoms with Crippen LogP contribution in [0.5, 0.6) is 0 Å². The Morgan fingerprint density at radius 2 is 2.10 bits per heavy atom. The zero-order chi connectivity index (χ0) is 21.6. The molecule has 1 heterocycles. The van der Waals surface area contributed by atoms with Crippen LogP contribution in [0, 0.1) is 28.6 Å². The third-order valence-corrected chi connectivity index (χ3v) is 9.28. The number of ketones is 1. The summed E-state index contributed by atoms with van der Waals surface area (Å²) >= 11 is 0. The van der Waals surface area contributed by atoms with E-state index in [1.165, 1.54) is 5.57 Å². The topological polar surface area (TPSA) is 68.6 Å². The van der Waals surface area contributed by atoms with Gasteiger partial charge in [0.2, 0.25) is 0 Å². The van der Waals surface area contributed by atoms with Crippen molar-refractivity contribution in [1.29, 1.82) is 5.26 Å². The average molecular weight is 432 g/mol. The number of ether oxygens (including phenoxy) is 2. The van der Waals surface area contributed by atoms with Crippen LogP contribution in [0.4, 0.5) is 0 Å². The fourth-order valence-corrected chi connectivity index (χ4v) is 8.40. The summed E-state index contributed by atoms with van der Waals surface area (Å²) in [7, 11) is -1.93. The van der Waals surface area contributed by atoms with Gasteiger partial charge in [0.1, 0.15) is 12.6 Å². The van der Waals surface area contributed by atoms with E-state index in [2.05, 4.69) is 38.7 Å². The van der Waals surface area contributed by atoms with Gasteiger partial charge in [0.15, 0.2) is 8.32 Å². The van der Waals surface area contributed by atoms with E-state index in [0.717, 1.165) is 51.4 Å². The van der Waals surface area contributed by atoms with Crippen molar-refractivity contribution in [3.8, 4) is 6.07 Å². The summed E-state index contributed by atoms with van der Waals surface area (Å²) in [5.74, 6) is 0.145. The second-order valence-corrected chi connectivity index (χ2v) is 15.5. The molecule has 1 saturated heterocycles. The quantitative estimate of drug-likeness (QED) is 0.446. The number of rotatable bonds is 5. The van der Waals surface area contributed by atoms with Gasteiger partial charge in [0.05, 0.1) is 29.8 Å². The summed E-state index contributed by atoms with van der Waals surface area (Å²) in [5, 5.41) is 9.90. The highest BCUT2D eigenvalue weighted by atomic mass is 28.4. The molecule has 0 spiro atoms. The van der Waals surface area contributed by atoms with E-state index in [-0.39, 0.29) is 22.9 Å². The molecule has 3 fully saturated rings. The highest BCUT2D eigenvalue weighted by molar-refractivity contribution is 6.69. The Balaban J connectivity index is 1.66. The summed E-state index contributed by atoms with van der Waals surface area (Å²) in [5.41, 5.74) is 0.221. The zero-order valence-corrected chi connectivity index (χ0v) is 20.1. The van der Waals surface area contributed by atoms with Crippen molar-refractivity contribution in [2.45, 2.75) is 95.6 Å². The van der Waals surface area contributed by atoms with Gasteiger partial charge in [0.25, 0.3) is 0 Å². The third kappa shape index (κ3) is 3.52. The monoisotopic (exact) mass is 431 g/mol. The molecule has 0 aromatic carbocycles. The number of allylic oxidation sites excluding steroid dienone is 1. The molecule has 0 bridgehead atoms. The number of hydrogen-bond acceptors (Lipinski definition) is 5. The standard InChI is InChI=1S/C24H37NO4Si/c1-22-12-10-21(26)20(24(22,29-30(2,3)4)14-8-18(22)15-25)9-13-23-11-6-5-7-19(23)16-27-17-28-23/h7,18,20H,5-6,8-14,16-17H2,1-4H3/t18-,20-,22-,23-,24+/m1/s1. The number of nitrogens with zero attached hydrogens (tertiary/aromatic N) is 1. The van der Waals surface area contributed by atoms with Gasteiger partial charge in [-0.25, -0.2) is 0 Å². The predicted octanol–water partition coefficient (Wildman–Crippen LogP) is 5.13. The minimum atomic E-state index is -1.93. The first-order valence-corrected chi connectivity index (χ1v) is 15.1. The van der Waals surface area contributed by atoms with Gasteiger partial charge in [-0.2, -0.15) is 5.26 Å². The van der Waals surface area contributed by atoms with Gasteiger partial charge in [-0.3, -0.25) is 4.79 Å². The summed E-state index contributed by atoms with van der Waals surface area (Å²) in [6.07, 6.45) is 10.1. The molecule has 4 rings (SSSR count). The second-order valence-electron chi connectivity index (χ2n) is 11.0. The lowest BCUT2D eigenvalue weighted by Crippen LogP contribution is -2.61. The van der Waals surface area contributed by atoms with E-state index in [4.69, 9.17) is 13.9 Å². The van der Waals surface area contributed by atoms with Crippen LogP contribution in [0.2, 0.25) is 19.6 Å². The third-order valence-electron chi connectivity index (χ3n) is 8.30. The Bertz CT molecular complexity index is 768. The fraction of sp³-hybridized carbons (Fsp3) is 0.833. The molecule has 0 unspecified atom stereocenters. The van der Waals surface area contributed by atoms with Crippen LogP contribution < -0.4 is 0 Å². The van der Waals surface area contributed by atoms with Crippen LogP contribution in [-0.4, -0.2) is 38.7 Å². The van der Waals surface area contributed by atoms with Crippen molar-refractivity contribution in [2.24, 2.45) is 17.3 Å². The number of fused-ring (bicyclic) bond motifs is 2. The van der Waals surface area contributed by atoms with Crippen molar-refractivity contribution in [3.63, 3.8) is 0 Å². The molecule has 0 radical (unpaired) electrons. The Labute approximate surface area is 182 Å². The minimum Gasteiger partial charge on any atom is -0.411 e. The van der Waals surface area contributed by atoms with E-state index in [1.54, 1.807) is 0 Å². The van der Waals surface area contributed by atoms with Crippen molar-refractivity contribution in [2.75, 3.05) is 13.4 Å². The SMILES string of the molecule is C[C@]12CCC(=O)[C@@H](CC[C@]34CCCC=C3COCO4)[C@@]1(O[Si](C)(C)C)CC[C@@H]2C#N. The highest BCUT2D eigenvalue weighted by Gasteiger charge is 2.66. The minimum absolute atomic E-state index is 0.0351. The van der Waals surface area contributed by atoms with E-state index >= 15 is 0 Å². The van der Waals surface area contributed by atoms with Crippen LogP contribution in [0.3, 0.4) is 0 Å². The molecular weight excluding hydrogens is 394 g/mol. The van der Waals surface area contributed by atoms with Gasteiger partial charge in [-0.15, -0.1) is 0 Å². The Morgan fingerprint density at radius 1 is 1.30 bits per heavy atom. The van der Waals surface area contributed by atoms with E-state index in [0.29, 0.717) is 25.6 Å². The second kappa shape index (κ2) is 7.85. The summed E-state index contributed by atoms with van der Waals surface area (Å²) < 4.78 is 18.8. The van der Waals surface area contributed by atoms with Crippen LogP contribution in [-0.2, 0) is 18.7 Å². The molecule has 1 aliphatic heterocycles. The predicted molar refractivity (Wildman–Crippen MR) is 117 cm³/mol. The molecule has 0 N–H and O–H groups in total. The maximum atomic E-state index is 13.4. The smallest absolute Gasteiger partial charge is 0.184 e. The van der Waals surface area contributed by atoms with Gasteiger partial charge < -0.3 is 13.9 Å². The molecule has 4 aliphatic rings. The first-order valence-electron chi connectivity index (χ1n) is 11.7. The maximum Gasteiger partial charge on any atom is 0.184 e. The van der Waals surface area contributed by atoms with E-state index in [9.17, 15) is 10.1 Å². The number of nitriles is 1. The lowest BCUT2D eigenvalue weighted by atomic mass is 9.57. The van der Waals surface area contributed by atoms with Gasteiger partial charge in [-0.1, -0.05) is 13.0 Å². The van der Waals surface area contributed by atoms with Crippen molar-refractivity contribution in [3.05, 3.63) is 11.6 Å². The van der Waals surface area contributed by atoms with E-state index < -0.39 is 13.9 Å². The molecule has 0 aromatic rings. The summed E-state index contributed by atoms with van der Waals surface area (Å²) in [6, 6.07) is 2.57. The van der Waals surface area contributed by atoms with Crippen LogP contribution >= 0.6 is 0 Å². The molecule has 2 saturated carbocycles. The molecule has 5 nitrogen and oxygen atoms in total. The molecule has 30 heavy (non-hydrogen) atoms. The maximum absolute atomic E-state index is 13.4. The molecule has 0 amide bonds. The largest absolute Gasteiger partial charge is 0.411 e. The molecule has 6 heteroatoms. The summed E-state index contributed by atoms with van der Waals surface area (Å²) in [4.78, 5) is 13.4. The molecule has 166 valence electrons. The number of Topliss-reactive ketones (excluding diaryl/α,β-unsaturated/α-hetero) is 1. The van der Waals surface area contributed by atoms with Crippen LogP contribution in [0.25, 0.3) is 0 Å². The first kappa shape index (κ1) is 22.2. The molecule has 3 aliphatic carbocycles. The first-order chi connectivity index (χ1) is 14.2. The van der Waals surface area contributed by atoms with Crippen molar-refractivity contribution < 1.29 is 18.7 Å². The number of carbonyl (C=O) groups excluding carboxylic acids is 1.